The van der Waals surface area contributed by atoms with E-state index in [4.69, 9.17) is 9.84 Å². The maximum absolute atomic E-state index is 13.1. The molecule has 34 heavy (non-hydrogen) atoms. The number of carbonyl (C=O) groups is 3. The van der Waals surface area contributed by atoms with Gasteiger partial charge in [0.1, 0.15) is 12.6 Å². The largest absolute Gasteiger partial charge is 0.481 e. The highest BCUT2D eigenvalue weighted by molar-refractivity contribution is 5.86. The smallest absolute Gasteiger partial charge is 0.407 e. The van der Waals surface area contributed by atoms with Gasteiger partial charge in [-0.3, -0.25) is 9.59 Å². The number of alkyl halides is 2. The Morgan fingerprint density at radius 1 is 0.971 bits per heavy atom. The molecule has 0 fully saturated rings. The summed E-state index contributed by atoms with van der Waals surface area (Å²) in [6.45, 7) is 3.38. The van der Waals surface area contributed by atoms with Gasteiger partial charge in [-0.05, 0) is 28.2 Å². The number of carboxylic acid groups (broad SMARTS) is 1. The van der Waals surface area contributed by atoms with E-state index in [1.165, 1.54) is 0 Å². The standard InChI is InChI=1S/C25H28F2N2O5/c1-14(2)20(12-23(30)31)28-24(32)21(11-22(26)27)29-25(33)34-13-19-17-9-5-3-7-15(17)16-8-4-6-10-18(16)19/h3-10,14,19-22H,11-13H2,1-2H3,(H,28,32)(H,29,33)(H,30,31)/t20-,21?/m1/s1. The second-order valence-corrected chi connectivity index (χ2v) is 8.61. The molecule has 2 aromatic rings. The lowest BCUT2D eigenvalue weighted by molar-refractivity contribution is -0.138. The molecule has 0 saturated heterocycles. The van der Waals surface area contributed by atoms with Gasteiger partial charge in [-0.25, -0.2) is 13.6 Å². The molecule has 0 radical (unpaired) electrons. The third-order valence-corrected chi connectivity index (χ3v) is 5.89. The van der Waals surface area contributed by atoms with Gasteiger partial charge in [0.05, 0.1) is 6.42 Å². The fourth-order valence-electron chi connectivity index (χ4n) is 4.12. The minimum Gasteiger partial charge on any atom is -0.481 e. The topological polar surface area (TPSA) is 105 Å². The predicted octanol–water partition coefficient (Wildman–Crippen LogP) is 4.16. The molecule has 1 aliphatic rings. The number of carbonyl (C=O) groups excluding carboxylic acids is 2. The molecule has 1 unspecified atom stereocenters. The second-order valence-electron chi connectivity index (χ2n) is 8.61. The lowest BCUT2D eigenvalue weighted by Gasteiger charge is -2.25. The molecule has 0 aromatic heterocycles. The van der Waals surface area contributed by atoms with Crippen LogP contribution in [0.4, 0.5) is 13.6 Å². The van der Waals surface area contributed by atoms with Gasteiger partial charge in [0.2, 0.25) is 12.3 Å². The van der Waals surface area contributed by atoms with Gasteiger partial charge in [-0.15, -0.1) is 0 Å². The fourth-order valence-corrected chi connectivity index (χ4v) is 4.12. The van der Waals surface area contributed by atoms with E-state index in [2.05, 4.69) is 10.6 Å². The van der Waals surface area contributed by atoms with Crippen LogP contribution in [0, 0.1) is 5.92 Å². The zero-order valence-electron chi connectivity index (χ0n) is 19.0. The van der Waals surface area contributed by atoms with Gasteiger partial charge in [0, 0.05) is 18.4 Å². The number of carboxylic acids is 1. The monoisotopic (exact) mass is 474 g/mol. The first-order chi connectivity index (χ1) is 16.2. The molecule has 0 spiro atoms. The average molecular weight is 475 g/mol. The number of ether oxygens (including phenoxy) is 1. The van der Waals surface area contributed by atoms with Gasteiger partial charge in [0.15, 0.2) is 0 Å². The Labute approximate surface area is 196 Å². The van der Waals surface area contributed by atoms with E-state index in [1.807, 2.05) is 48.5 Å². The van der Waals surface area contributed by atoms with Crippen molar-refractivity contribution in [1.82, 2.24) is 10.6 Å². The van der Waals surface area contributed by atoms with Crippen LogP contribution < -0.4 is 10.6 Å². The van der Waals surface area contributed by atoms with Crippen LogP contribution in [0.5, 0.6) is 0 Å². The molecule has 0 aliphatic heterocycles. The highest BCUT2D eigenvalue weighted by atomic mass is 19.3. The van der Waals surface area contributed by atoms with E-state index < -0.39 is 42.9 Å². The highest BCUT2D eigenvalue weighted by Crippen LogP contribution is 2.44. The first kappa shape index (κ1) is 25.1. The molecular formula is C25H28F2N2O5. The summed E-state index contributed by atoms with van der Waals surface area (Å²) in [5, 5.41) is 13.7. The Hall–Kier alpha value is -3.49. The van der Waals surface area contributed by atoms with Crippen molar-refractivity contribution in [2.75, 3.05) is 6.61 Å². The molecule has 0 saturated carbocycles. The van der Waals surface area contributed by atoms with Crippen molar-refractivity contribution in [2.45, 2.75) is 51.1 Å². The maximum atomic E-state index is 13.1. The zero-order valence-corrected chi connectivity index (χ0v) is 19.0. The Balaban J connectivity index is 1.66. The van der Waals surface area contributed by atoms with Gasteiger partial charge < -0.3 is 20.5 Å². The molecule has 9 heteroatoms. The number of hydrogen-bond acceptors (Lipinski definition) is 4. The van der Waals surface area contributed by atoms with Crippen LogP contribution in [0.25, 0.3) is 11.1 Å². The van der Waals surface area contributed by atoms with Crippen molar-refractivity contribution in [3.63, 3.8) is 0 Å². The summed E-state index contributed by atoms with van der Waals surface area (Å²) < 4.78 is 31.5. The quantitative estimate of drug-likeness (QED) is 0.480. The van der Waals surface area contributed by atoms with Crippen LogP contribution in [0.15, 0.2) is 48.5 Å². The van der Waals surface area contributed by atoms with E-state index in [9.17, 15) is 23.2 Å². The first-order valence-corrected chi connectivity index (χ1v) is 11.1. The van der Waals surface area contributed by atoms with E-state index in [1.54, 1.807) is 13.8 Å². The molecule has 1 aliphatic carbocycles. The number of benzene rings is 2. The van der Waals surface area contributed by atoms with Crippen LogP contribution >= 0.6 is 0 Å². The summed E-state index contributed by atoms with van der Waals surface area (Å²) in [7, 11) is 0. The number of alkyl carbamates (subject to hydrolysis) is 1. The normalized spacial score (nSPS) is 14.3. The SMILES string of the molecule is CC(C)[C@@H](CC(=O)O)NC(=O)C(CC(F)F)NC(=O)OCC1c2ccccc2-c2ccccc21. The molecule has 182 valence electrons. The van der Waals surface area contributed by atoms with Gasteiger partial charge in [-0.1, -0.05) is 62.4 Å². The summed E-state index contributed by atoms with van der Waals surface area (Å²) in [5.74, 6) is -2.48. The second kappa shape index (κ2) is 11.1. The van der Waals surface area contributed by atoms with E-state index in [0.29, 0.717) is 0 Å². The molecule has 2 aromatic carbocycles. The number of halogens is 2. The van der Waals surface area contributed by atoms with Crippen molar-refractivity contribution in [3.8, 4) is 11.1 Å². The number of nitrogens with one attached hydrogen (secondary N) is 2. The number of aliphatic carboxylic acids is 1. The fraction of sp³-hybridized carbons (Fsp3) is 0.400. The Bertz CT molecular complexity index is 998. The summed E-state index contributed by atoms with van der Waals surface area (Å²) >= 11 is 0. The van der Waals surface area contributed by atoms with Crippen LogP contribution in [0.2, 0.25) is 0 Å². The van der Waals surface area contributed by atoms with E-state index >= 15 is 0 Å². The molecular weight excluding hydrogens is 446 g/mol. The van der Waals surface area contributed by atoms with Crippen LogP contribution in [-0.2, 0) is 14.3 Å². The Morgan fingerprint density at radius 3 is 2.03 bits per heavy atom. The maximum Gasteiger partial charge on any atom is 0.407 e. The minimum absolute atomic E-state index is 0.0312. The number of rotatable bonds is 10. The van der Waals surface area contributed by atoms with Crippen molar-refractivity contribution in [2.24, 2.45) is 5.92 Å². The van der Waals surface area contributed by atoms with Crippen molar-refractivity contribution in [1.29, 1.82) is 0 Å². The molecule has 7 nitrogen and oxygen atoms in total. The summed E-state index contributed by atoms with van der Waals surface area (Å²) in [4.78, 5) is 36.1. The van der Waals surface area contributed by atoms with Crippen LogP contribution in [0.1, 0.15) is 43.7 Å². The lowest BCUT2D eigenvalue weighted by atomic mass is 9.98. The van der Waals surface area contributed by atoms with Gasteiger partial charge >= 0.3 is 12.1 Å². The predicted molar refractivity (Wildman–Crippen MR) is 122 cm³/mol. The minimum atomic E-state index is -2.86. The Morgan fingerprint density at radius 2 is 1.53 bits per heavy atom. The van der Waals surface area contributed by atoms with Gasteiger partial charge in [0.25, 0.3) is 0 Å². The molecule has 2 amide bonds. The lowest BCUT2D eigenvalue weighted by Crippen LogP contribution is -2.52. The van der Waals surface area contributed by atoms with Gasteiger partial charge in [-0.2, -0.15) is 0 Å². The third kappa shape index (κ3) is 6.09. The highest BCUT2D eigenvalue weighted by Gasteiger charge is 2.31. The van der Waals surface area contributed by atoms with E-state index in [0.717, 1.165) is 22.3 Å². The zero-order chi connectivity index (χ0) is 24.8. The molecule has 0 heterocycles. The first-order valence-electron chi connectivity index (χ1n) is 11.1. The van der Waals surface area contributed by atoms with Crippen molar-refractivity contribution in [3.05, 3.63) is 59.7 Å². The molecule has 3 rings (SSSR count). The number of hydrogen-bond donors (Lipinski definition) is 3. The van der Waals surface area contributed by atoms with Crippen LogP contribution in [-0.4, -0.2) is 48.2 Å². The molecule has 3 N–H and O–H groups in total. The number of amides is 2. The summed E-state index contributed by atoms with van der Waals surface area (Å²) in [6.07, 6.45) is -5.15. The molecule has 2 atom stereocenters. The average Bonchev–Trinajstić information content (AvgIpc) is 3.10. The van der Waals surface area contributed by atoms with E-state index in [-0.39, 0.29) is 24.9 Å². The van der Waals surface area contributed by atoms with Crippen LogP contribution in [0.3, 0.4) is 0 Å². The Kier molecular flexibility index (Phi) is 8.20. The summed E-state index contributed by atoms with van der Waals surface area (Å²) in [6, 6.07) is 13.2. The third-order valence-electron chi connectivity index (χ3n) is 5.89. The van der Waals surface area contributed by atoms with Crippen molar-refractivity contribution < 1.29 is 33.0 Å². The summed E-state index contributed by atoms with van der Waals surface area (Å²) in [5.41, 5.74) is 4.07. The molecule has 0 bridgehead atoms. The van der Waals surface area contributed by atoms with Crippen molar-refractivity contribution >= 4 is 18.0 Å². The number of fused-ring (bicyclic) bond motifs is 3.